The SMILES string of the molecule is CCCCN(CC(=O)Nc1ncc(C)s1)C(C)=O. The van der Waals surface area contributed by atoms with Gasteiger partial charge in [-0.25, -0.2) is 4.98 Å². The molecule has 6 heteroatoms. The summed E-state index contributed by atoms with van der Waals surface area (Å²) in [5.74, 6) is -0.274. The molecule has 1 heterocycles. The molecular weight excluding hydrogens is 250 g/mol. The van der Waals surface area contributed by atoms with Crippen molar-refractivity contribution < 1.29 is 9.59 Å². The van der Waals surface area contributed by atoms with Crippen LogP contribution in [0, 0.1) is 6.92 Å². The number of amides is 2. The van der Waals surface area contributed by atoms with Crippen molar-refractivity contribution in [1.82, 2.24) is 9.88 Å². The van der Waals surface area contributed by atoms with Gasteiger partial charge in [0, 0.05) is 24.5 Å². The molecule has 0 aromatic carbocycles. The highest BCUT2D eigenvalue weighted by Gasteiger charge is 2.13. The van der Waals surface area contributed by atoms with Crippen LogP contribution in [0.15, 0.2) is 6.20 Å². The number of unbranched alkanes of at least 4 members (excludes halogenated alkanes) is 1. The first-order valence-corrected chi connectivity index (χ1v) is 6.82. The summed E-state index contributed by atoms with van der Waals surface area (Å²) in [4.78, 5) is 29.8. The summed E-state index contributed by atoms with van der Waals surface area (Å²) in [6.45, 7) is 6.17. The molecule has 18 heavy (non-hydrogen) atoms. The smallest absolute Gasteiger partial charge is 0.245 e. The maximum Gasteiger partial charge on any atom is 0.245 e. The summed E-state index contributed by atoms with van der Waals surface area (Å²) in [5.41, 5.74) is 0. The Bertz CT molecular complexity index is 417. The lowest BCUT2D eigenvalue weighted by molar-refractivity contribution is -0.132. The summed E-state index contributed by atoms with van der Waals surface area (Å²) < 4.78 is 0. The maximum atomic E-state index is 11.8. The lowest BCUT2D eigenvalue weighted by atomic mass is 10.3. The number of carbonyl (C=O) groups is 2. The first kappa shape index (κ1) is 14.6. The van der Waals surface area contributed by atoms with E-state index in [2.05, 4.69) is 17.2 Å². The van der Waals surface area contributed by atoms with Crippen LogP contribution in [0.3, 0.4) is 0 Å². The van der Waals surface area contributed by atoms with Gasteiger partial charge in [0.25, 0.3) is 0 Å². The van der Waals surface area contributed by atoms with E-state index in [0.29, 0.717) is 11.7 Å². The van der Waals surface area contributed by atoms with E-state index in [4.69, 9.17) is 0 Å². The molecule has 1 aromatic rings. The van der Waals surface area contributed by atoms with Crippen LogP contribution in [0.5, 0.6) is 0 Å². The molecule has 1 aromatic heterocycles. The van der Waals surface area contributed by atoms with Gasteiger partial charge in [0.1, 0.15) is 0 Å². The number of nitrogens with one attached hydrogen (secondary N) is 1. The number of rotatable bonds is 6. The molecule has 100 valence electrons. The van der Waals surface area contributed by atoms with Gasteiger partial charge in [-0.05, 0) is 13.3 Å². The minimum absolute atomic E-state index is 0.0751. The zero-order valence-electron chi connectivity index (χ0n) is 11.0. The molecule has 0 atom stereocenters. The van der Waals surface area contributed by atoms with Gasteiger partial charge < -0.3 is 10.2 Å². The molecule has 0 aliphatic heterocycles. The van der Waals surface area contributed by atoms with Crippen LogP contribution in [0.2, 0.25) is 0 Å². The summed E-state index contributed by atoms with van der Waals surface area (Å²) >= 11 is 1.42. The van der Waals surface area contributed by atoms with Crippen LogP contribution in [0.1, 0.15) is 31.6 Å². The topological polar surface area (TPSA) is 62.3 Å². The second-order valence-corrected chi connectivity index (χ2v) is 5.35. The Morgan fingerprint density at radius 1 is 1.50 bits per heavy atom. The summed E-state index contributed by atoms with van der Waals surface area (Å²) in [7, 11) is 0. The van der Waals surface area contributed by atoms with E-state index in [1.54, 1.807) is 11.1 Å². The van der Waals surface area contributed by atoms with Gasteiger partial charge in [0.15, 0.2) is 5.13 Å². The number of nitrogens with zero attached hydrogens (tertiary/aromatic N) is 2. The van der Waals surface area contributed by atoms with Crippen molar-refractivity contribution in [2.75, 3.05) is 18.4 Å². The van der Waals surface area contributed by atoms with E-state index in [-0.39, 0.29) is 18.4 Å². The number of thiazole rings is 1. The van der Waals surface area contributed by atoms with E-state index in [1.165, 1.54) is 18.3 Å². The van der Waals surface area contributed by atoms with Crippen LogP contribution >= 0.6 is 11.3 Å². The predicted octanol–water partition coefficient (Wildman–Crippen LogP) is 2.04. The molecule has 0 radical (unpaired) electrons. The molecule has 0 spiro atoms. The Balaban J connectivity index is 2.48. The lowest BCUT2D eigenvalue weighted by Gasteiger charge is -2.19. The molecule has 1 N–H and O–H groups in total. The fraction of sp³-hybridized carbons (Fsp3) is 0.583. The molecule has 0 aliphatic rings. The van der Waals surface area contributed by atoms with Crippen LogP contribution in [0.4, 0.5) is 5.13 Å². The number of hydrogen-bond donors (Lipinski definition) is 1. The van der Waals surface area contributed by atoms with E-state index < -0.39 is 0 Å². The molecule has 0 fully saturated rings. The molecule has 0 aliphatic carbocycles. The molecule has 1 rings (SSSR count). The van der Waals surface area contributed by atoms with Crippen molar-refractivity contribution in [3.8, 4) is 0 Å². The highest BCUT2D eigenvalue weighted by Crippen LogP contribution is 2.16. The van der Waals surface area contributed by atoms with E-state index in [0.717, 1.165) is 17.7 Å². The van der Waals surface area contributed by atoms with Gasteiger partial charge in [0.2, 0.25) is 11.8 Å². The molecule has 2 amide bonds. The monoisotopic (exact) mass is 269 g/mol. The highest BCUT2D eigenvalue weighted by molar-refractivity contribution is 7.15. The van der Waals surface area contributed by atoms with Gasteiger partial charge in [0.05, 0.1) is 6.54 Å². The highest BCUT2D eigenvalue weighted by atomic mass is 32.1. The van der Waals surface area contributed by atoms with Crippen molar-refractivity contribution in [1.29, 1.82) is 0 Å². The van der Waals surface area contributed by atoms with Crippen molar-refractivity contribution >= 4 is 28.3 Å². The van der Waals surface area contributed by atoms with Crippen LogP contribution in [0.25, 0.3) is 0 Å². The van der Waals surface area contributed by atoms with Gasteiger partial charge >= 0.3 is 0 Å². The van der Waals surface area contributed by atoms with E-state index in [1.807, 2.05) is 6.92 Å². The zero-order valence-corrected chi connectivity index (χ0v) is 11.8. The fourth-order valence-electron chi connectivity index (χ4n) is 1.44. The van der Waals surface area contributed by atoms with E-state index >= 15 is 0 Å². The largest absolute Gasteiger partial charge is 0.334 e. The Hall–Kier alpha value is -1.43. The van der Waals surface area contributed by atoms with Crippen molar-refractivity contribution in [2.45, 2.75) is 33.6 Å². The third kappa shape index (κ3) is 4.83. The molecule has 5 nitrogen and oxygen atoms in total. The first-order valence-electron chi connectivity index (χ1n) is 6.00. The molecule has 0 saturated heterocycles. The van der Waals surface area contributed by atoms with Gasteiger partial charge in [-0.1, -0.05) is 13.3 Å². The average molecular weight is 269 g/mol. The van der Waals surface area contributed by atoms with Gasteiger partial charge in [-0.15, -0.1) is 11.3 Å². The maximum absolute atomic E-state index is 11.8. The minimum atomic E-state index is -0.198. The van der Waals surface area contributed by atoms with Crippen LogP contribution < -0.4 is 5.32 Å². The fourth-order valence-corrected chi connectivity index (χ4v) is 2.12. The molecule has 0 bridgehead atoms. The summed E-state index contributed by atoms with van der Waals surface area (Å²) in [5, 5.41) is 3.28. The molecule has 0 saturated carbocycles. The van der Waals surface area contributed by atoms with Crippen molar-refractivity contribution in [3.63, 3.8) is 0 Å². The summed E-state index contributed by atoms with van der Waals surface area (Å²) in [6.07, 6.45) is 3.61. The van der Waals surface area contributed by atoms with E-state index in [9.17, 15) is 9.59 Å². The Morgan fingerprint density at radius 3 is 2.72 bits per heavy atom. The second kappa shape index (κ2) is 7.10. The standard InChI is InChI=1S/C12H19N3O2S/c1-4-5-6-15(10(3)16)8-11(17)14-12-13-7-9(2)18-12/h7H,4-6,8H2,1-3H3,(H,13,14,17). The summed E-state index contributed by atoms with van der Waals surface area (Å²) in [6, 6.07) is 0. The predicted molar refractivity (Wildman–Crippen MR) is 72.6 cm³/mol. The third-order valence-corrected chi connectivity index (χ3v) is 3.26. The van der Waals surface area contributed by atoms with Crippen molar-refractivity contribution in [2.24, 2.45) is 0 Å². The Labute approximate surface area is 111 Å². The van der Waals surface area contributed by atoms with Crippen LogP contribution in [-0.2, 0) is 9.59 Å². The third-order valence-electron chi connectivity index (χ3n) is 2.43. The minimum Gasteiger partial charge on any atom is -0.334 e. The average Bonchev–Trinajstić information content (AvgIpc) is 2.69. The Kier molecular flexibility index (Phi) is 5.77. The van der Waals surface area contributed by atoms with Gasteiger partial charge in [-0.3, -0.25) is 9.59 Å². The zero-order chi connectivity index (χ0) is 13.5. The Morgan fingerprint density at radius 2 is 2.22 bits per heavy atom. The van der Waals surface area contributed by atoms with Crippen LogP contribution in [-0.4, -0.2) is 34.8 Å². The van der Waals surface area contributed by atoms with Gasteiger partial charge in [-0.2, -0.15) is 0 Å². The second-order valence-electron chi connectivity index (χ2n) is 4.12. The number of aromatic nitrogens is 1. The number of aryl methyl sites for hydroxylation is 1. The van der Waals surface area contributed by atoms with Crippen molar-refractivity contribution in [3.05, 3.63) is 11.1 Å². The number of hydrogen-bond acceptors (Lipinski definition) is 4. The molecular formula is C12H19N3O2S. The normalized spacial score (nSPS) is 10.2. The number of carbonyl (C=O) groups excluding carboxylic acids is 2. The first-order chi connectivity index (χ1) is 8.52. The molecule has 0 unspecified atom stereocenters. The quantitative estimate of drug-likeness (QED) is 0.859. The number of anilines is 1. The lowest BCUT2D eigenvalue weighted by Crippen LogP contribution is -2.37.